The van der Waals surface area contributed by atoms with Gasteiger partial charge in [-0.25, -0.2) is 4.39 Å². The second-order valence-electron chi connectivity index (χ2n) is 7.77. The second-order valence-corrected chi connectivity index (χ2v) is 7.77. The van der Waals surface area contributed by atoms with Crippen LogP contribution in [0, 0.1) is 19.7 Å². The summed E-state index contributed by atoms with van der Waals surface area (Å²) in [6.45, 7) is 7.63. The number of ether oxygens (including phenoxy) is 2. The molecule has 0 bridgehead atoms. The van der Waals surface area contributed by atoms with Gasteiger partial charge >= 0.3 is 0 Å². The number of unbranched alkanes of at least 4 members (excludes halogenated alkanes) is 1. The van der Waals surface area contributed by atoms with Gasteiger partial charge in [-0.15, -0.1) is 0 Å². The maximum Gasteiger partial charge on any atom is 0.235 e. The van der Waals surface area contributed by atoms with Gasteiger partial charge in [0.05, 0.1) is 12.0 Å². The number of carbonyl (C=O) groups is 1. The molecule has 0 unspecified atom stereocenters. The van der Waals surface area contributed by atoms with Crippen LogP contribution in [0.2, 0.25) is 0 Å². The van der Waals surface area contributed by atoms with Gasteiger partial charge in [-0.2, -0.15) is 0 Å². The highest BCUT2D eigenvalue weighted by Crippen LogP contribution is 2.38. The number of aryl methyl sites for hydroxylation is 2. The van der Waals surface area contributed by atoms with E-state index in [4.69, 9.17) is 9.47 Å². The van der Waals surface area contributed by atoms with Crippen molar-refractivity contribution in [2.24, 2.45) is 0 Å². The molecule has 2 aromatic carbocycles. The van der Waals surface area contributed by atoms with Crippen LogP contribution >= 0.6 is 0 Å². The average Bonchev–Trinajstić information content (AvgIpc) is 2.71. The van der Waals surface area contributed by atoms with Crippen LogP contribution in [0.25, 0.3) is 0 Å². The summed E-state index contributed by atoms with van der Waals surface area (Å²) >= 11 is 0. The zero-order chi connectivity index (χ0) is 20.9. The maximum atomic E-state index is 14.6. The molecule has 0 saturated carbocycles. The molecule has 1 aliphatic heterocycles. The highest BCUT2D eigenvalue weighted by molar-refractivity contribution is 5.99. The van der Waals surface area contributed by atoms with Gasteiger partial charge in [0.2, 0.25) is 5.91 Å². The van der Waals surface area contributed by atoms with Crippen molar-refractivity contribution in [1.29, 1.82) is 0 Å². The lowest BCUT2D eigenvalue weighted by Crippen LogP contribution is -2.45. The summed E-state index contributed by atoms with van der Waals surface area (Å²) in [5.74, 6) is 0.326. The fourth-order valence-corrected chi connectivity index (χ4v) is 4.01. The Balaban J connectivity index is 1.86. The molecule has 156 valence electrons. The Kier molecular flexibility index (Phi) is 6.91. The molecule has 1 aliphatic rings. The van der Waals surface area contributed by atoms with E-state index in [1.54, 1.807) is 18.2 Å². The standard InChI is InChI=1S/C24H30FNO3/c1-4-5-12-29-22-17(2)15-19(16-18(22)3)26-23(27)24(10-13-28-14-11-24)20-8-6-7-9-21(20)25/h6-9,15-16H,4-5,10-14H2,1-3H3,(H,26,27). The van der Waals surface area contributed by atoms with Crippen LogP contribution < -0.4 is 10.1 Å². The molecule has 29 heavy (non-hydrogen) atoms. The van der Waals surface area contributed by atoms with Gasteiger partial charge in [-0.3, -0.25) is 4.79 Å². The number of hydrogen-bond donors (Lipinski definition) is 1. The minimum atomic E-state index is -0.929. The number of carbonyl (C=O) groups excluding carboxylic acids is 1. The lowest BCUT2D eigenvalue weighted by Gasteiger charge is -2.36. The fourth-order valence-electron chi connectivity index (χ4n) is 4.01. The normalized spacial score (nSPS) is 15.7. The van der Waals surface area contributed by atoms with Crippen molar-refractivity contribution in [3.8, 4) is 5.75 Å². The Hall–Kier alpha value is -2.40. The first kappa shape index (κ1) is 21.3. The fraction of sp³-hybridized carbons (Fsp3) is 0.458. The van der Waals surface area contributed by atoms with E-state index in [1.807, 2.05) is 26.0 Å². The van der Waals surface area contributed by atoms with Crippen molar-refractivity contribution >= 4 is 11.6 Å². The number of benzene rings is 2. The molecule has 1 heterocycles. The summed E-state index contributed by atoms with van der Waals surface area (Å²) in [4.78, 5) is 13.4. The first-order chi connectivity index (χ1) is 14.0. The van der Waals surface area contributed by atoms with E-state index in [0.717, 1.165) is 29.7 Å². The van der Waals surface area contributed by atoms with E-state index in [0.29, 0.717) is 43.9 Å². The molecule has 1 N–H and O–H groups in total. The van der Waals surface area contributed by atoms with Gasteiger partial charge in [0.25, 0.3) is 0 Å². The third-order valence-electron chi connectivity index (χ3n) is 5.63. The van der Waals surface area contributed by atoms with Gasteiger partial charge in [0.15, 0.2) is 0 Å². The summed E-state index contributed by atoms with van der Waals surface area (Å²) in [5.41, 5.74) is 2.16. The van der Waals surface area contributed by atoms with E-state index in [-0.39, 0.29) is 11.7 Å². The van der Waals surface area contributed by atoms with Crippen molar-refractivity contribution in [2.45, 2.75) is 51.9 Å². The minimum absolute atomic E-state index is 0.190. The van der Waals surface area contributed by atoms with Crippen molar-refractivity contribution in [3.05, 3.63) is 58.9 Å². The van der Waals surface area contributed by atoms with Gasteiger partial charge in [-0.1, -0.05) is 31.5 Å². The molecule has 0 aromatic heterocycles. The molecule has 0 radical (unpaired) electrons. The predicted molar refractivity (Wildman–Crippen MR) is 113 cm³/mol. The number of hydrogen-bond acceptors (Lipinski definition) is 3. The monoisotopic (exact) mass is 399 g/mol. The van der Waals surface area contributed by atoms with Crippen LogP contribution in [0.4, 0.5) is 10.1 Å². The summed E-state index contributed by atoms with van der Waals surface area (Å²) in [5, 5.41) is 3.04. The zero-order valence-electron chi connectivity index (χ0n) is 17.5. The van der Waals surface area contributed by atoms with Crippen molar-refractivity contribution in [2.75, 3.05) is 25.1 Å². The van der Waals surface area contributed by atoms with Crippen molar-refractivity contribution in [3.63, 3.8) is 0 Å². The topological polar surface area (TPSA) is 47.6 Å². The Morgan fingerprint density at radius 3 is 2.45 bits per heavy atom. The van der Waals surface area contributed by atoms with Gasteiger partial charge in [-0.05, 0) is 62.4 Å². The second kappa shape index (κ2) is 9.40. The van der Waals surface area contributed by atoms with E-state index < -0.39 is 5.41 Å². The van der Waals surface area contributed by atoms with Crippen molar-refractivity contribution < 1.29 is 18.7 Å². The minimum Gasteiger partial charge on any atom is -0.493 e. The number of amides is 1. The van der Waals surface area contributed by atoms with E-state index in [1.165, 1.54) is 6.07 Å². The third-order valence-corrected chi connectivity index (χ3v) is 5.63. The number of rotatable bonds is 7. The molecule has 4 nitrogen and oxygen atoms in total. The molecular weight excluding hydrogens is 369 g/mol. The molecule has 0 spiro atoms. The molecule has 2 aromatic rings. The lowest BCUT2D eigenvalue weighted by molar-refractivity contribution is -0.125. The molecule has 1 amide bonds. The van der Waals surface area contributed by atoms with Crippen LogP contribution in [0.3, 0.4) is 0 Å². The van der Waals surface area contributed by atoms with Gasteiger partial charge in [0, 0.05) is 24.5 Å². The number of nitrogens with one attached hydrogen (secondary N) is 1. The Morgan fingerprint density at radius 1 is 1.17 bits per heavy atom. The third kappa shape index (κ3) is 4.61. The van der Waals surface area contributed by atoms with Gasteiger partial charge < -0.3 is 14.8 Å². The molecule has 0 aliphatic carbocycles. The Morgan fingerprint density at radius 2 is 1.83 bits per heavy atom. The smallest absolute Gasteiger partial charge is 0.235 e. The summed E-state index contributed by atoms with van der Waals surface area (Å²) in [6, 6.07) is 10.4. The first-order valence-corrected chi connectivity index (χ1v) is 10.4. The van der Waals surface area contributed by atoms with E-state index in [2.05, 4.69) is 12.2 Å². The van der Waals surface area contributed by atoms with Crippen LogP contribution in [-0.2, 0) is 14.9 Å². The maximum absolute atomic E-state index is 14.6. The van der Waals surface area contributed by atoms with E-state index >= 15 is 0 Å². The predicted octanol–water partition coefficient (Wildman–Crippen LogP) is 5.31. The number of halogens is 1. The Bertz CT molecular complexity index is 836. The average molecular weight is 400 g/mol. The summed E-state index contributed by atoms with van der Waals surface area (Å²) < 4.78 is 26.0. The first-order valence-electron chi connectivity index (χ1n) is 10.4. The zero-order valence-corrected chi connectivity index (χ0v) is 17.5. The quantitative estimate of drug-likeness (QED) is 0.642. The lowest BCUT2D eigenvalue weighted by atomic mass is 9.73. The molecular formula is C24H30FNO3. The number of anilines is 1. The largest absolute Gasteiger partial charge is 0.493 e. The molecule has 5 heteroatoms. The summed E-state index contributed by atoms with van der Waals surface area (Å²) in [7, 11) is 0. The van der Waals surface area contributed by atoms with Crippen LogP contribution in [-0.4, -0.2) is 25.7 Å². The highest BCUT2D eigenvalue weighted by atomic mass is 19.1. The highest BCUT2D eigenvalue weighted by Gasteiger charge is 2.43. The summed E-state index contributed by atoms with van der Waals surface area (Å²) in [6.07, 6.45) is 2.99. The molecule has 0 atom stereocenters. The molecule has 3 rings (SSSR count). The van der Waals surface area contributed by atoms with Gasteiger partial charge in [0.1, 0.15) is 11.6 Å². The SMILES string of the molecule is CCCCOc1c(C)cc(NC(=O)C2(c3ccccc3F)CCOCC2)cc1C. The Labute approximate surface area is 172 Å². The molecule has 1 fully saturated rings. The van der Waals surface area contributed by atoms with Crippen LogP contribution in [0.1, 0.15) is 49.3 Å². The van der Waals surface area contributed by atoms with Crippen LogP contribution in [0.15, 0.2) is 36.4 Å². The molecule has 1 saturated heterocycles. The van der Waals surface area contributed by atoms with E-state index in [9.17, 15) is 9.18 Å². The van der Waals surface area contributed by atoms with Crippen molar-refractivity contribution in [1.82, 2.24) is 0 Å². The van der Waals surface area contributed by atoms with Crippen LogP contribution in [0.5, 0.6) is 5.75 Å².